The van der Waals surface area contributed by atoms with Crippen LogP contribution in [0.4, 0.5) is 8.78 Å². The summed E-state index contributed by atoms with van der Waals surface area (Å²) in [5.74, 6) is -2.69. The number of hydrogen-bond donors (Lipinski definition) is 2. The molecule has 23 heavy (non-hydrogen) atoms. The van der Waals surface area contributed by atoms with Gasteiger partial charge in [-0.15, -0.1) is 0 Å². The average Bonchev–Trinajstić information content (AvgIpc) is 2.51. The summed E-state index contributed by atoms with van der Waals surface area (Å²) in [6.07, 6.45) is 0. The van der Waals surface area contributed by atoms with Crippen LogP contribution in [-0.4, -0.2) is 24.9 Å². The third-order valence-corrected chi connectivity index (χ3v) is 3.23. The molecule has 0 heterocycles. The van der Waals surface area contributed by atoms with Crippen LogP contribution in [0.15, 0.2) is 42.5 Å². The van der Waals surface area contributed by atoms with Crippen LogP contribution in [0.2, 0.25) is 5.02 Å². The number of carbonyl (C=O) groups excluding carboxylic acids is 2. The Balaban J connectivity index is 1.79. The highest BCUT2D eigenvalue weighted by Gasteiger charge is 2.12. The first-order chi connectivity index (χ1) is 11.0. The minimum absolute atomic E-state index is 0.106. The lowest BCUT2D eigenvalue weighted by atomic mass is 10.2. The Kier molecular flexibility index (Phi) is 5.65. The smallest absolute Gasteiger partial charge is 0.254 e. The fourth-order valence-corrected chi connectivity index (χ4v) is 1.95. The Bertz CT molecular complexity index is 721. The summed E-state index contributed by atoms with van der Waals surface area (Å²) in [6.45, 7) is 0.269. The van der Waals surface area contributed by atoms with Gasteiger partial charge in [0.25, 0.3) is 11.8 Å². The molecule has 0 unspecified atom stereocenters. The number of carbonyl (C=O) groups is 2. The fraction of sp³-hybridized carbons (Fsp3) is 0.125. The molecule has 0 radical (unpaired) electrons. The quantitative estimate of drug-likeness (QED) is 0.824. The van der Waals surface area contributed by atoms with E-state index in [1.54, 1.807) is 24.3 Å². The maximum Gasteiger partial charge on any atom is 0.254 e. The van der Waals surface area contributed by atoms with E-state index in [4.69, 9.17) is 11.6 Å². The van der Waals surface area contributed by atoms with Crippen LogP contribution in [0.25, 0.3) is 0 Å². The summed E-state index contributed by atoms with van der Waals surface area (Å²) in [5.41, 5.74) is 0.181. The van der Waals surface area contributed by atoms with E-state index in [2.05, 4.69) is 10.6 Å². The second-order valence-corrected chi connectivity index (χ2v) is 5.08. The van der Waals surface area contributed by atoms with Crippen molar-refractivity contribution in [2.75, 3.05) is 13.1 Å². The van der Waals surface area contributed by atoms with Gasteiger partial charge < -0.3 is 10.6 Å². The minimum atomic E-state index is -0.937. The number of benzene rings is 2. The van der Waals surface area contributed by atoms with Crippen molar-refractivity contribution < 1.29 is 18.4 Å². The molecular formula is C16H13ClF2N2O2. The normalized spacial score (nSPS) is 10.2. The molecule has 2 amide bonds. The zero-order chi connectivity index (χ0) is 16.8. The van der Waals surface area contributed by atoms with Crippen molar-refractivity contribution in [3.63, 3.8) is 0 Å². The molecule has 0 spiro atoms. The molecule has 0 bridgehead atoms. The van der Waals surface area contributed by atoms with Crippen LogP contribution in [0.5, 0.6) is 0 Å². The number of rotatable bonds is 5. The Labute approximate surface area is 136 Å². The second kappa shape index (κ2) is 7.69. The Morgan fingerprint density at radius 1 is 0.913 bits per heavy atom. The number of nitrogens with one attached hydrogen (secondary N) is 2. The van der Waals surface area contributed by atoms with Gasteiger partial charge in [0.2, 0.25) is 0 Å². The molecule has 0 aromatic heterocycles. The summed E-state index contributed by atoms with van der Waals surface area (Å²) < 4.78 is 26.2. The van der Waals surface area contributed by atoms with Crippen molar-refractivity contribution in [1.82, 2.24) is 10.6 Å². The Morgan fingerprint density at radius 2 is 1.52 bits per heavy atom. The molecule has 0 fully saturated rings. The molecule has 120 valence electrons. The van der Waals surface area contributed by atoms with Gasteiger partial charge in [0.1, 0.15) is 11.6 Å². The second-order valence-electron chi connectivity index (χ2n) is 4.64. The van der Waals surface area contributed by atoms with E-state index in [-0.39, 0.29) is 24.6 Å². The number of amides is 2. The highest BCUT2D eigenvalue weighted by atomic mass is 35.5. The van der Waals surface area contributed by atoms with E-state index < -0.39 is 17.5 Å². The first-order valence-electron chi connectivity index (χ1n) is 6.74. The first-order valence-corrected chi connectivity index (χ1v) is 7.12. The molecule has 0 aliphatic rings. The number of hydrogen-bond acceptors (Lipinski definition) is 2. The van der Waals surface area contributed by atoms with Gasteiger partial charge in [-0.1, -0.05) is 11.6 Å². The molecule has 2 rings (SSSR count). The van der Waals surface area contributed by atoms with Crippen LogP contribution in [0.1, 0.15) is 20.7 Å². The third kappa shape index (κ3) is 4.75. The maximum absolute atomic E-state index is 13.4. The van der Waals surface area contributed by atoms with Gasteiger partial charge in [-0.2, -0.15) is 0 Å². The Hall–Kier alpha value is -2.47. The summed E-state index contributed by atoms with van der Waals surface area (Å²) in [5, 5.41) is 5.56. The van der Waals surface area contributed by atoms with Crippen molar-refractivity contribution in [2.24, 2.45) is 0 Å². The van der Waals surface area contributed by atoms with Crippen LogP contribution < -0.4 is 10.6 Å². The lowest BCUT2D eigenvalue weighted by Gasteiger charge is -2.08. The van der Waals surface area contributed by atoms with E-state index in [1.165, 1.54) is 0 Å². The molecular weight excluding hydrogens is 326 g/mol. The Morgan fingerprint density at radius 3 is 2.13 bits per heavy atom. The van der Waals surface area contributed by atoms with E-state index in [9.17, 15) is 18.4 Å². The molecule has 2 N–H and O–H groups in total. The molecule has 0 aliphatic carbocycles. The van der Waals surface area contributed by atoms with Crippen LogP contribution in [0.3, 0.4) is 0 Å². The van der Waals surface area contributed by atoms with Crippen LogP contribution >= 0.6 is 11.6 Å². The molecule has 2 aromatic rings. The van der Waals surface area contributed by atoms with Crippen molar-refractivity contribution in [3.05, 3.63) is 70.2 Å². The van der Waals surface area contributed by atoms with Gasteiger partial charge in [-0.05, 0) is 36.4 Å². The van der Waals surface area contributed by atoms with Gasteiger partial charge in [0.15, 0.2) is 0 Å². The largest absolute Gasteiger partial charge is 0.350 e. The SMILES string of the molecule is O=C(NCCNC(=O)c1ccc(F)cc1F)c1ccc(Cl)cc1. The van der Waals surface area contributed by atoms with E-state index >= 15 is 0 Å². The molecule has 0 aliphatic heterocycles. The monoisotopic (exact) mass is 338 g/mol. The van der Waals surface area contributed by atoms with Gasteiger partial charge in [-0.3, -0.25) is 9.59 Å². The average molecular weight is 339 g/mol. The molecule has 2 aromatic carbocycles. The summed E-state index contributed by atoms with van der Waals surface area (Å²) >= 11 is 5.73. The summed E-state index contributed by atoms with van der Waals surface area (Å²) in [7, 11) is 0. The van der Waals surface area contributed by atoms with Crippen molar-refractivity contribution >= 4 is 23.4 Å². The van der Waals surface area contributed by atoms with Crippen LogP contribution in [-0.2, 0) is 0 Å². The molecule has 0 saturated carbocycles. The maximum atomic E-state index is 13.4. The zero-order valence-electron chi connectivity index (χ0n) is 11.9. The molecule has 4 nitrogen and oxygen atoms in total. The molecule has 0 saturated heterocycles. The summed E-state index contributed by atoms with van der Waals surface area (Å²) in [4.78, 5) is 23.5. The van der Waals surface area contributed by atoms with E-state index in [1.807, 2.05) is 0 Å². The standard InChI is InChI=1S/C16H13ClF2N2O2/c17-11-3-1-10(2-4-11)15(22)20-7-8-21-16(23)13-6-5-12(18)9-14(13)19/h1-6,9H,7-8H2,(H,20,22)(H,21,23). The predicted molar refractivity (Wildman–Crippen MR) is 82.5 cm³/mol. The highest BCUT2D eigenvalue weighted by molar-refractivity contribution is 6.30. The van der Waals surface area contributed by atoms with Gasteiger partial charge in [0, 0.05) is 29.7 Å². The van der Waals surface area contributed by atoms with Crippen molar-refractivity contribution in [1.29, 1.82) is 0 Å². The van der Waals surface area contributed by atoms with Crippen LogP contribution in [0, 0.1) is 11.6 Å². The minimum Gasteiger partial charge on any atom is -0.350 e. The fourth-order valence-electron chi connectivity index (χ4n) is 1.82. The van der Waals surface area contributed by atoms with Gasteiger partial charge in [0.05, 0.1) is 5.56 Å². The highest BCUT2D eigenvalue weighted by Crippen LogP contribution is 2.10. The number of halogens is 3. The van der Waals surface area contributed by atoms with Crippen molar-refractivity contribution in [2.45, 2.75) is 0 Å². The van der Waals surface area contributed by atoms with E-state index in [0.29, 0.717) is 16.7 Å². The predicted octanol–water partition coefficient (Wildman–Crippen LogP) is 2.78. The zero-order valence-corrected chi connectivity index (χ0v) is 12.7. The van der Waals surface area contributed by atoms with Gasteiger partial charge in [-0.25, -0.2) is 8.78 Å². The van der Waals surface area contributed by atoms with Crippen molar-refractivity contribution in [3.8, 4) is 0 Å². The topological polar surface area (TPSA) is 58.2 Å². The third-order valence-electron chi connectivity index (χ3n) is 2.98. The first kappa shape index (κ1) is 16.9. The van der Waals surface area contributed by atoms with Gasteiger partial charge >= 0.3 is 0 Å². The summed E-state index contributed by atoms with van der Waals surface area (Å²) in [6, 6.07) is 9.03. The lowest BCUT2D eigenvalue weighted by molar-refractivity contribution is 0.0925. The molecule has 0 atom stereocenters. The lowest BCUT2D eigenvalue weighted by Crippen LogP contribution is -2.35. The van der Waals surface area contributed by atoms with E-state index in [0.717, 1.165) is 12.1 Å². The molecule has 7 heteroatoms.